The zero-order valence-electron chi connectivity index (χ0n) is 14.0. The summed E-state index contributed by atoms with van der Waals surface area (Å²) in [5.41, 5.74) is 0. The first-order chi connectivity index (χ1) is 10.2. The van der Waals surface area contributed by atoms with Crippen molar-refractivity contribution in [3.8, 4) is 0 Å². The molecule has 1 rings (SSSR count). The highest BCUT2D eigenvalue weighted by Crippen LogP contribution is 2.04. The van der Waals surface area contributed by atoms with Crippen molar-refractivity contribution in [3.63, 3.8) is 0 Å². The number of hydrogen-bond donors (Lipinski definition) is 2. The zero-order chi connectivity index (χ0) is 15.5. The number of hydrogen-bond acceptors (Lipinski definition) is 2. The Balaban J connectivity index is 2.54. The van der Waals surface area contributed by atoms with E-state index in [1.807, 2.05) is 12.4 Å². The normalized spacial score (nSPS) is 12.0. The Hall–Kier alpha value is -1.52. The number of rotatable bonds is 9. The minimum Gasteiger partial charge on any atom is -0.357 e. The summed E-state index contributed by atoms with van der Waals surface area (Å²) in [5.74, 6) is 2.52. The van der Waals surface area contributed by atoms with Crippen molar-refractivity contribution in [2.75, 3.05) is 13.1 Å². The molecule has 0 amide bonds. The van der Waals surface area contributed by atoms with E-state index in [-0.39, 0.29) is 0 Å². The van der Waals surface area contributed by atoms with Gasteiger partial charge in [0.2, 0.25) is 0 Å². The summed E-state index contributed by atoms with van der Waals surface area (Å²) in [7, 11) is 0. The molecule has 21 heavy (non-hydrogen) atoms. The Labute approximate surface area is 129 Å². The van der Waals surface area contributed by atoms with Crippen molar-refractivity contribution < 1.29 is 0 Å². The van der Waals surface area contributed by atoms with Gasteiger partial charge in [0.25, 0.3) is 0 Å². The fourth-order valence-electron chi connectivity index (χ4n) is 2.12. The molecule has 1 aromatic rings. The van der Waals surface area contributed by atoms with Gasteiger partial charge in [-0.2, -0.15) is 0 Å². The number of guanidine groups is 1. The van der Waals surface area contributed by atoms with Gasteiger partial charge in [0, 0.05) is 32.0 Å². The molecule has 2 N–H and O–H groups in total. The van der Waals surface area contributed by atoms with Crippen molar-refractivity contribution >= 4 is 5.96 Å². The molecule has 0 bridgehead atoms. The Kier molecular flexibility index (Phi) is 8.55. The van der Waals surface area contributed by atoms with E-state index in [1.54, 1.807) is 0 Å². The number of nitrogens with one attached hydrogen (secondary N) is 2. The highest BCUT2D eigenvalue weighted by Gasteiger charge is 2.04. The van der Waals surface area contributed by atoms with Crippen LogP contribution in [0.2, 0.25) is 0 Å². The van der Waals surface area contributed by atoms with Crippen LogP contribution in [0.5, 0.6) is 0 Å². The molecule has 0 atom stereocenters. The lowest BCUT2D eigenvalue weighted by molar-refractivity contribution is 0.507. The minimum atomic E-state index is 0.613. The van der Waals surface area contributed by atoms with E-state index in [1.165, 1.54) is 19.3 Å². The van der Waals surface area contributed by atoms with Gasteiger partial charge in [-0.1, -0.05) is 33.6 Å². The van der Waals surface area contributed by atoms with Crippen LogP contribution in [0.15, 0.2) is 17.4 Å². The third kappa shape index (κ3) is 7.16. The molecular formula is C16H31N5. The van der Waals surface area contributed by atoms with Gasteiger partial charge in [0.05, 0.1) is 0 Å². The van der Waals surface area contributed by atoms with Crippen LogP contribution in [0, 0.1) is 5.92 Å². The maximum atomic E-state index is 4.63. The summed E-state index contributed by atoms with van der Waals surface area (Å²) in [6, 6.07) is 0. The molecule has 0 unspecified atom stereocenters. The quantitative estimate of drug-likeness (QED) is 0.418. The lowest BCUT2D eigenvalue weighted by Gasteiger charge is -2.12. The number of aliphatic imine (C=N–C) groups is 1. The first kappa shape index (κ1) is 17.5. The summed E-state index contributed by atoms with van der Waals surface area (Å²) in [5, 5.41) is 6.66. The molecule has 1 aromatic heterocycles. The summed E-state index contributed by atoms with van der Waals surface area (Å²) >= 11 is 0. The first-order valence-corrected chi connectivity index (χ1v) is 8.19. The average Bonchev–Trinajstić information content (AvgIpc) is 2.87. The number of unbranched alkanes of at least 4 members (excludes halogenated alkanes) is 2. The molecule has 0 aromatic carbocycles. The molecule has 0 saturated heterocycles. The van der Waals surface area contributed by atoms with Gasteiger partial charge in [0.15, 0.2) is 5.96 Å². The lowest BCUT2D eigenvalue weighted by atomic mass is 10.2. The highest BCUT2D eigenvalue weighted by atomic mass is 15.2. The molecule has 0 aliphatic carbocycles. The standard InChI is InChI=1S/C16H31N5/c1-5-7-8-9-19-16(17-6-2)20-12-15-18-10-11-21(15)13-14(3)4/h10-11,14H,5-9,12-13H2,1-4H3,(H2,17,19,20). The van der Waals surface area contributed by atoms with Crippen molar-refractivity contribution in [1.29, 1.82) is 0 Å². The van der Waals surface area contributed by atoms with Crippen LogP contribution >= 0.6 is 0 Å². The van der Waals surface area contributed by atoms with E-state index >= 15 is 0 Å². The van der Waals surface area contributed by atoms with Gasteiger partial charge in [0.1, 0.15) is 12.4 Å². The van der Waals surface area contributed by atoms with Crippen LogP contribution in [0.4, 0.5) is 0 Å². The van der Waals surface area contributed by atoms with E-state index < -0.39 is 0 Å². The monoisotopic (exact) mass is 293 g/mol. The third-order valence-electron chi connectivity index (χ3n) is 3.16. The van der Waals surface area contributed by atoms with Crippen molar-refractivity contribution in [3.05, 3.63) is 18.2 Å². The molecule has 0 aliphatic rings. The fourth-order valence-corrected chi connectivity index (χ4v) is 2.12. The third-order valence-corrected chi connectivity index (χ3v) is 3.16. The van der Waals surface area contributed by atoms with E-state index in [4.69, 9.17) is 0 Å². The average molecular weight is 293 g/mol. The van der Waals surface area contributed by atoms with Crippen LogP contribution < -0.4 is 10.6 Å². The Bertz CT molecular complexity index is 409. The fraction of sp³-hybridized carbons (Fsp3) is 0.750. The molecule has 120 valence electrons. The molecule has 0 fully saturated rings. The van der Waals surface area contributed by atoms with Crippen molar-refractivity contribution in [1.82, 2.24) is 20.2 Å². The van der Waals surface area contributed by atoms with Crippen LogP contribution in [0.3, 0.4) is 0 Å². The van der Waals surface area contributed by atoms with Gasteiger partial charge >= 0.3 is 0 Å². The van der Waals surface area contributed by atoms with Crippen molar-refractivity contribution in [2.24, 2.45) is 10.9 Å². The molecule has 5 nitrogen and oxygen atoms in total. The van der Waals surface area contributed by atoms with Crippen LogP contribution in [-0.4, -0.2) is 28.6 Å². The van der Waals surface area contributed by atoms with E-state index in [0.29, 0.717) is 12.5 Å². The molecule has 0 aliphatic heterocycles. The van der Waals surface area contributed by atoms with Crippen LogP contribution in [-0.2, 0) is 13.1 Å². The maximum Gasteiger partial charge on any atom is 0.191 e. The topological polar surface area (TPSA) is 54.2 Å². The van der Waals surface area contributed by atoms with Gasteiger partial charge in [-0.3, -0.25) is 0 Å². The van der Waals surface area contributed by atoms with E-state index in [2.05, 4.69) is 52.9 Å². The molecule has 0 saturated carbocycles. The van der Waals surface area contributed by atoms with E-state index in [0.717, 1.165) is 31.4 Å². The lowest BCUT2D eigenvalue weighted by Crippen LogP contribution is -2.37. The SMILES string of the molecule is CCCCCNC(=NCc1nccn1CC(C)C)NCC. The predicted octanol–water partition coefficient (Wildman–Crippen LogP) is 2.78. The number of imidazole rings is 1. The first-order valence-electron chi connectivity index (χ1n) is 8.19. The van der Waals surface area contributed by atoms with Crippen molar-refractivity contribution in [2.45, 2.75) is 60.0 Å². The zero-order valence-corrected chi connectivity index (χ0v) is 14.0. The predicted molar refractivity (Wildman–Crippen MR) is 89.4 cm³/mol. The van der Waals surface area contributed by atoms with Gasteiger partial charge in [-0.05, 0) is 19.3 Å². The van der Waals surface area contributed by atoms with Gasteiger partial charge in [-0.15, -0.1) is 0 Å². The molecule has 1 heterocycles. The largest absolute Gasteiger partial charge is 0.357 e. The minimum absolute atomic E-state index is 0.613. The second-order valence-electron chi connectivity index (χ2n) is 5.72. The van der Waals surface area contributed by atoms with Gasteiger partial charge < -0.3 is 15.2 Å². The van der Waals surface area contributed by atoms with Crippen LogP contribution in [0.25, 0.3) is 0 Å². The smallest absolute Gasteiger partial charge is 0.191 e. The highest BCUT2D eigenvalue weighted by molar-refractivity contribution is 5.79. The molecule has 0 radical (unpaired) electrons. The second kappa shape index (κ2) is 10.2. The second-order valence-corrected chi connectivity index (χ2v) is 5.72. The molecule has 5 heteroatoms. The number of nitrogens with zero attached hydrogens (tertiary/aromatic N) is 3. The number of aromatic nitrogens is 2. The Morgan fingerprint density at radius 2 is 2.10 bits per heavy atom. The Morgan fingerprint density at radius 3 is 2.76 bits per heavy atom. The van der Waals surface area contributed by atoms with E-state index in [9.17, 15) is 0 Å². The molecular weight excluding hydrogens is 262 g/mol. The summed E-state index contributed by atoms with van der Waals surface area (Å²) in [4.78, 5) is 9.04. The van der Waals surface area contributed by atoms with Gasteiger partial charge in [-0.25, -0.2) is 9.98 Å². The van der Waals surface area contributed by atoms with Crippen LogP contribution in [0.1, 0.15) is 52.8 Å². The molecule has 0 spiro atoms. The Morgan fingerprint density at radius 1 is 1.29 bits per heavy atom. The summed E-state index contributed by atoms with van der Waals surface area (Å²) in [6.45, 7) is 12.2. The summed E-state index contributed by atoms with van der Waals surface area (Å²) in [6.07, 6.45) is 7.57. The maximum absolute atomic E-state index is 4.63. The summed E-state index contributed by atoms with van der Waals surface area (Å²) < 4.78 is 2.19.